The fraction of sp³-hybridized carbons (Fsp3) is 0.526. The summed E-state index contributed by atoms with van der Waals surface area (Å²) in [5.41, 5.74) is 1.58. The van der Waals surface area contributed by atoms with Gasteiger partial charge in [-0.25, -0.2) is 8.78 Å². The molecule has 2 N–H and O–H groups in total. The molecule has 4 heterocycles. The third-order valence-electron chi connectivity index (χ3n) is 11.9. The van der Waals surface area contributed by atoms with E-state index in [1.54, 1.807) is 18.2 Å². The Bertz CT molecular complexity index is 1900. The molecule has 1 spiro atoms. The average molecular weight is 656 g/mol. The van der Waals surface area contributed by atoms with Gasteiger partial charge in [-0.05, 0) is 97.5 Å². The summed E-state index contributed by atoms with van der Waals surface area (Å²) in [6.45, 7) is 7.43. The number of anilines is 1. The number of hydrogen-bond acceptors (Lipinski definition) is 8. The van der Waals surface area contributed by atoms with Crippen LogP contribution in [0, 0.1) is 17.0 Å². The molecule has 2 atom stereocenters. The number of nitrogens with zero attached hydrogens (tertiary/aromatic N) is 4. The SMILES string of the molecule is CCc1c(F)ccc2cc(O)cc(-c3ccc4c(N5CC6CCC(C5)N6)nc(OCC5(CN6CCOCC67CCC7)CC5)nc4c3F)c12. The number of aromatic hydroxyl groups is 1. The maximum absolute atomic E-state index is 17.0. The second kappa shape index (κ2) is 11.5. The molecule has 5 aliphatic rings. The number of rotatable bonds is 8. The predicted molar refractivity (Wildman–Crippen MR) is 182 cm³/mol. The monoisotopic (exact) mass is 655 g/mol. The lowest BCUT2D eigenvalue weighted by Crippen LogP contribution is -2.62. The van der Waals surface area contributed by atoms with Crippen LogP contribution in [0.3, 0.4) is 0 Å². The minimum Gasteiger partial charge on any atom is -0.508 e. The fourth-order valence-corrected chi connectivity index (χ4v) is 8.87. The molecule has 2 unspecified atom stereocenters. The maximum Gasteiger partial charge on any atom is 0.319 e. The van der Waals surface area contributed by atoms with Crippen molar-refractivity contribution in [2.75, 3.05) is 50.9 Å². The molecule has 3 aromatic carbocycles. The van der Waals surface area contributed by atoms with Gasteiger partial charge in [-0.1, -0.05) is 19.1 Å². The van der Waals surface area contributed by atoms with E-state index in [1.165, 1.54) is 31.4 Å². The summed E-state index contributed by atoms with van der Waals surface area (Å²) in [6, 6.07) is 10.7. The number of nitrogens with one attached hydrogen (secondary N) is 1. The lowest BCUT2D eigenvalue weighted by molar-refractivity contribution is -0.115. The molecule has 3 aliphatic heterocycles. The lowest BCUT2D eigenvalue weighted by atomic mass is 9.74. The van der Waals surface area contributed by atoms with Crippen LogP contribution in [-0.4, -0.2) is 83.6 Å². The van der Waals surface area contributed by atoms with Crippen LogP contribution >= 0.6 is 0 Å². The van der Waals surface area contributed by atoms with Crippen LogP contribution in [0.25, 0.3) is 32.8 Å². The Morgan fingerprint density at radius 3 is 2.56 bits per heavy atom. The Balaban J connectivity index is 1.11. The highest BCUT2D eigenvalue weighted by Gasteiger charge is 2.52. The Hall–Kier alpha value is -3.60. The first-order chi connectivity index (χ1) is 23.3. The molecule has 2 saturated carbocycles. The van der Waals surface area contributed by atoms with Gasteiger partial charge in [0.25, 0.3) is 0 Å². The van der Waals surface area contributed by atoms with E-state index in [9.17, 15) is 5.11 Å². The standard InChI is InChI=1S/C38H43F2N5O3/c1-2-27-31(39)9-4-23-16-26(46)17-30(32(23)27)28-7-8-29-34(33(28)40)42-36(43-35(29)44-18-24-5-6-25(19-44)41-24)48-21-37(12-13-37)20-45-14-15-47-22-38(45)10-3-11-38/h4,7-9,16-17,24-25,41,46H,2-3,5-6,10-15,18-22H2,1H3. The van der Waals surface area contributed by atoms with Gasteiger partial charge in [0, 0.05) is 60.2 Å². The number of phenols is 1. The second-order valence-corrected chi connectivity index (χ2v) is 15.0. The maximum atomic E-state index is 17.0. The van der Waals surface area contributed by atoms with Crippen LogP contribution < -0.4 is 15.0 Å². The van der Waals surface area contributed by atoms with Crippen molar-refractivity contribution >= 4 is 27.5 Å². The van der Waals surface area contributed by atoms with Crippen molar-refractivity contribution in [1.29, 1.82) is 0 Å². The van der Waals surface area contributed by atoms with Crippen LogP contribution in [-0.2, 0) is 11.2 Å². The van der Waals surface area contributed by atoms with Gasteiger partial charge in [-0.2, -0.15) is 9.97 Å². The molecule has 9 rings (SSSR count). The first kappa shape index (κ1) is 30.5. The summed E-state index contributed by atoms with van der Waals surface area (Å²) in [6.07, 6.45) is 8.46. The highest BCUT2D eigenvalue weighted by atomic mass is 19.1. The van der Waals surface area contributed by atoms with Crippen molar-refractivity contribution in [1.82, 2.24) is 20.2 Å². The van der Waals surface area contributed by atoms with Crippen LogP contribution in [0.5, 0.6) is 11.8 Å². The van der Waals surface area contributed by atoms with Crippen molar-refractivity contribution in [3.05, 3.63) is 53.6 Å². The Morgan fingerprint density at radius 2 is 1.83 bits per heavy atom. The number of morpholine rings is 1. The van der Waals surface area contributed by atoms with E-state index >= 15 is 8.78 Å². The summed E-state index contributed by atoms with van der Waals surface area (Å²) in [4.78, 5) is 14.6. The van der Waals surface area contributed by atoms with Gasteiger partial charge in [0.15, 0.2) is 5.82 Å². The van der Waals surface area contributed by atoms with Gasteiger partial charge in [0.05, 0.1) is 19.8 Å². The molecule has 8 nitrogen and oxygen atoms in total. The quantitative estimate of drug-likeness (QED) is 0.227. The third kappa shape index (κ3) is 5.10. The zero-order valence-corrected chi connectivity index (χ0v) is 27.5. The van der Waals surface area contributed by atoms with Gasteiger partial charge in [0.1, 0.15) is 22.9 Å². The van der Waals surface area contributed by atoms with Crippen molar-refractivity contribution in [2.45, 2.75) is 75.9 Å². The van der Waals surface area contributed by atoms with Crippen LogP contribution in [0.15, 0.2) is 36.4 Å². The zero-order valence-electron chi connectivity index (χ0n) is 27.5. The molecule has 4 aromatic rings. The van der Waals surface area contributed by atoms with E-state index in [-0.39, 0.29) is 39.6 Å². The number of piperazine rings is 1. The molecule has 0 amide bonds. The van der Waals surface area contributed by atoms with E-state index in [0.717, 1.165) is 65.1 Å². The molecular formula is C38H43F2N5O3. The lowest BCUT2D eigenvalue weighted by Gasteiger charge is -2.53. The highest BCUT2D eigenvalue weighted by molar-refractivity contribution is 6.03. The Labute approximate surface area is 279 Å². The number of halogens is 2. The fourth-order valence-electron chi connectivity index (χ4n) is 8.87. The van der Waals surface area contributed by atoms with Crippen LogP contribution in [0.1, 0.15) is 57.4 Å². The van der Waals surface area contributed by atoms with Crippen molar-refractivity contribution in [3.63, 3.8) is 0 Å². The summed E-state index contributed by atoms with van der Waals surface area (Å²) >= 11 is 0. The minimum atomic E-state index is -0.529. The highest BCUT2D eigenvalue weighted by Crippen LogP contribution is 2.50. The zero-order chi connectivity index (χ0) is 32.6. The van der Waals surface area contributed by atoms with Crippen molar-refractivity contribution < 1.29 is 23.4 Å². The molecule has 2 aliphatic carbocycles. The van der Waals surface area contributed by atoms with Crippen LogP contribution in [0.2, 0.25) is 0 Å². The number of hydrogen-bond donors (Lipinski definition) is 2. The first-order valence-corrected chi connectivity index (χ1v) is 17.8. The number of fused-ring (bicyclic) bond motifs is 4. The van der Waals surface area contributed by atoms with E-state index < -0.39 is 5.82 Å². The van der Waals surface area contributed by atoms with Gasteiger partial charge in [0.2, 0.25) is 0 Å². The molecule has 10 heteroatoms. The number of aryl methyl sites for hydroxylation is 1. The molecule has 5 fully saturated rings. The number of benzene rings is 3. The van der Waals surface area contributed by atoms with E-state index in [0.29, 0.717) is 58.2 Å². The number of phenolic OH excluding ortho intramolecular Hbond substituents is 1. The van der Waals surface area contributed by atoms with E-state index in [1.807, 2.05) is 13.0 Å². The topological polar surface area (TPSA) is 83.0 Å². The Kier molecular flexibility index (Phi) is 7.29. The number of ether oxygens (including phenoxy) is 2. The summed E-state index contributed by atoms with van der Waals surface area (Å²) in [7, 11) is 0. The summed E-state index contributed by atoms with van der Waals surface area (Å²) in [5, 5.41) is 16.2. The Morgan fingerprint density at radius 1 is 1.02 bits per heavy atom. The van der Waals surface area contributed by atoms with E-state index in [2.05, 4.69) is 15.1 Å². The van der Waals surface area contributed by atoms with Crippen molar-refractivity contribution in [3.8, 4) is 22.9 Å². The van der Waals surface area contributed by atoms with Gasteiger partial charge in [-0.3, -0.25) is 4.90 Å². The molecule has 48 heavy (non-hydrogen) atoms. The normalized spacial score (nSPS) is 24.4. The summed E-state index contributed by atoms with van der Waals surface area (Å²) in [5.74, 6) is -0.195. The molecule has 3 saturated heterocycles. The predicted octanol–water partition coefficient (Wildman–Crippen LogP) is 6.35. The minimum absolute atomic E-state index is 0.00645. The average Bonchev–Trinajstić information content (AvgIpc) is 3.76. The summed E-state index contributed by atoms with van der Waals surface area (Å²) < 4.78 is 44.4. The van der Waals surface area contributed by atoms with Gasteiger partial charge in [-0.15, -0.1) is 0 Å². The molecule has 252 valence electrons. The van der Waals surface area contributed by atoms with Crippen molar-refractivity contribution in [2.24, 2.45) is 5.41 Å². The second-order valence-electron chi connectivity index (χ2n) is 15.0. The molecule has 2 bridgehead atoms. The smallest absolute Gasteiger partial charge is 0.319 e. The molecule has 0 radical (unpaired) electrons. The van der Waals surface area contributed by atoms with Gasteiger partial charge < -0.3 is 24.8 Å². The van der Waals surface area contributed by atoms with Gasteiger partial charge >= 0.3 is 6.01 Å². The first-order valence-electron chi connectivity index (χ1n) is 17.8. The van der Waals surface area contributed by atoms with E-state index in [4.69, 9.17) is 19.4 Å². The largest absolute Gasteiger partial charge is 0.508 e. The van der Waals surface area contributed by atoms with Crippen LogP contribution in [0.4, 0.5) is 14.6 Å². The molecule has 1 aromatic heterocycles. The molecular weight excluding hydrogens is 612 g/mol. The third-order valence-corrected chi connectivity index (χ3v) is 11.9. The number of aromatic nitrogens is 2.